The first-order valence-corrected chi connectivity index (χ1v) is 10.8. The Balaban J connectivity index is 1.50. The lowest BCUT2D eigenvalue weighted by Crippen LogP contribution is -2.26. The first-order chi connectivity index (χ1) is 16.0. The summed E-state index contributed by atoms with van der Waals surface area (Å²) in [6.45, 7) is 3.03. The van der Waals surface area contributed by atoms with E-state index in [4.69, 9.17) is 4.74 Å². The number of ether oxygens (including phenoxy) is 2. The number of hydrogen-bond acceptors (Lipinski definition) is 6. The Morgan fingerprint density at radius 2 is 1.88 bits per heavy atom. The van der Waals surface area contributed by atoms with Gasteiger partial charge in [-0.3, -0.25) is 0 Å². The van der Waals surface area contributed by atoms with E-state index >= 15 is 0 Å². The summed E-state index contributed by atoms with van der Waals surface area (Å²) in [7, 11) is 1.94. The minimum absolute atomic E-state index is 0.0116. The van der Waals surface area contributed by atoms with Crippen LogP contribution in [-0.4, -0.2) is 34.5 Å². The molecule has 0 spiro atoms. The fourth-order valence-electron chi connectivity index (χ4n) is 4.02. The molecular weight excluding hydrogens is 428 g/mol. The fourth-order valence-corrected chi connectivity index (χ4v) is 4.02. The summed E-state index contributed by atoms with van der Waals surface area (Å²) >= 11 is 0. The van der Waals surface area contributed by atoms with Crippen molar-refractivity contribution in [1.82, 2.24) is 19.9 Å². The number of nitrogens with zero attached hydrogens (tertiary/aromatic N) is 3. The van der Waals surface area contributed by atoms with Gasteiger partial charge >= 0.3 is 6.29 Å². The van der Waals surface area contributed by atoms with Gasteiger partial charge in [0.1, 0.15) is 0 Å². The number of hydrogen-bond donors (Lipinski definition) is 2. The first kappa shape index (κ1) is 21.1. The molecule has 1 aliphatic heterocycles. The number of pyridine rings is 1. The van der Waals surface area contributed by atoms with Gasteiger partial charge < -0.3 is 20.1 Å². The Hall–Kier alpha value is -3.72. The zero-order valence-corrected chi connectivity index (χ0v) is 18.2. The third-order valence-corrected chi connectivity index (χ3v) is 5.57. The fraction of sp³-hybridized carbons (Fsp3) is 0.250. The number of anilines is 2. The Morgan fingerprint density at radius 3 is 2.70 bits per heavy atom. The number of aryl methyl sites for hydroxylation is 1. The maximum atomic E-state index is 13.7. The normalized spacial score (nSPS) is 14.1. The maximum Gasteiger partial charge on any atom is 0.586 e. The molecule has 5 rings (SSSR count). The zero-order chi connectivity index (χ0) is 23.0. The average molecular weight is 451 g/mol. The van der Waals surface area contributed by atoms with Crippen molar-refractivity contribution in [2.75, 3.05) is 18.9 Å². The summed E-state index contributed by atoms with van der Waals surface area (Å²) in [4.78, 5) is 4.63. The highest BCUT2D eigenvalue weighted by Gasteiger charge is 2.44. The lowest BCUT2D eigenvalue weighted by Gasteiger charge is -2.10. The van der Waals surface area contributed by atoms with Crippen LogP contribution >= 0.6 is 0 Å². The molecule has 0 radical (unpaired) electrons. The van der Waals surface area contributed by atoms with Crippen molar-refractivity contribution < 1.29 is 18.3 Å². The minimum Gasteiger partial charge on any atom is -0.395 e. The first-order valence-electron chi connectivity index (χ1n) is 10.8. The van der Waals surface area contributed by atoms with E-state index in [0.717, 1.165) is 25.1 Å². The second kappa shape index (κ2) is 8.32. The van der Waals surface area contributed by atoms with Crippen LogP contribution in [-0.2, 0) is 12.8 Å². The Bertz CT molecular complexity index is 1320. The van der Waals surface area contributed by atoms with Crippen molar-refractivity contribution in [3.05, 3.63) is 65.9 Å². The van der Waals surface area contributed by atoms with Crippen molar-refractivity contribution in [1.29, 1.82) is 0 Å². The van der Waals surface area contributed by atoms with E-state index in [1.807, 2.05) is 13.1 Å². The molecule has 170 valence electrons. The van der Waals surface area contributed by atoms with E-state index < -0.39 is 6.29 Å². The largest absolute Gasteiger partial charge is 0.586 e. The molecule has 0 aliphatic carbocycles. The quantitative estimate of drug-likeness (QED) is 0.421. The number of fused-ring (bicyclic) bond motifs is 2. The smallest absolute Gasteiger partial charge is 0.395 e. The van der Waals surface area contributed by atoms with Crippen molar-refractivity contribution in [2.24, 2.45) is 0 Å². The summed E-state index contributed by atoms with van der Waals surface area (Å²) < 4.78 is 38.3. The number of likely N-dealkylation sites (N-methyl/N-ethyl adjacent to an activating group) is 1. The Kier molecular flexibility index (Phi) is 5.33. The SMILES string of the molecule is CCc1ccc(Nc2nc3c(-c4cccc5c4OC(F)(F)O5)cccn3n2)cc1CCNC. The third kappa shape index (κ3) is 4.07. The van der Waals surface area contributed by atoms with E-state index in [9.17, 15) is 8.78 Å². The molecule has 9 heteroatoms. The van der Waals surface area contributed by atoms with Crippen molar-refractivity contribution in [2.45, 2.75) is 26.1 Å². The molecule has 33 heavy (non-hydrogen) atoms. The van der Waals surface area contributed by atoms with Crippen LogP contribution in [0.25, 0.3) is 16.8 Å². The predicted molar refractivity (Wildman–Crippen MR) is 121 cm³/mol. The summed E-state index contributed by atoms with van der Waals surface area (Å²) in [6.07, 6.45) is -0.0600. The van der Waals surface area contributed by atoms with Crippen molar-refractivity contribution in [3.8, 4) is 22.6 Å². The average Bonchev–Trinajstić information content (AvgIpc) is 3.35. The zero-order valence-electron chi connectivity index (χ0n) is 18.2. The summed E-state index contributed by atoms with van der Waals surface area (Å²) in [5.74, 6) is 0.376. The number of alkyl halides is 2. The Morgan fingerprint density at radius 1 is 1.03 bits per heavy atom. The summed E-state index contributed by atoms with van der Waals surface area (Å²) in [6, 6.07) is 14.6. The number of rotatable bonds is 7. The molecule has 2 aromatic heterocycles. The predicted octanol–water partition coefficient (Wildman–Crippen LogP) is 4.79. The lowest BCUT2D eigenvalue weighted by molar-refractivity contribution is -0.286. The van der Waals surface area contributed by atoms with Gasteiger partial charge in [-0.1, -0.05) is 25.1 Å². The van der Waals surface area contributed by atoms with Gasteiger partial charge in [0, 0.05) is 23.0 Å². The number of halogens is 2. The number of aromatic nitrogens is 3. The van der Waals surface area contributed by atoms with E-state index in [0.29, 0.717) is 22.7 Å². The monoisotopic (exact) mass is 451 g/mol. The van der Waals surface area contributed by atoms with Gasteiger partial charge in [0.05, 0.1) is 0 Å². The van der Waals surface area contributed by atoms with Crippen LogP contribution in [0, 0.1) is 0 Å². The van der Waals surface area contributed by atoms with E-state index in [-0.39, 0.29) is 11.5 Å². The van der Waals surface area contributed by atoms with Gasteiger partial charge in [0.15, 0.2) is 17.1 Å². The maximum absolute atomic E-state index is 13.7. The number of nitrogens with one attached hydrogen (secondary N) is 2. The molecule has 1 aliphatic rings. The van der Waals surface area contributed by atoms with Gasteiger partial charge in [0.2, 0.25) is 5.95 Å². The minimum atomic E-state index is -3.69. The van der Waals surface area contributed by atoms with Crippen LogP contribution in [0.5, 0.6) is 11.5 Å². The second-order valence-corrected chi connectivity index (χ2v) is 7.74. The highest BCUT2D eigenvalue weighted by atomic mass is 19.3. The van der Waals surface area contributed by atoms with Gasteiger partial charge in [-0.05, 0) is 67.9 Å². The molecule has 0 bridgehead atoms. The van der Waals surface area contributed by atoms with Crippen LogP contribution in [0.2, 0.25) is 0 Å². The lowest BCUT2D eigenvalue weighted by atomic mass is 10.0. The highest BCUT2D eigenvalue weighted by Crippen LogP contribution is 2.47. The van der Waals surface area contributed by atoms with Gasteiger partial charge in [-0.25, -0.2) is 4.52 Å². The van der Waals surface area contributed by atoms with Crippen LogP contribution in [0.1, 0.15) is 18.1 Å². The number of benzene rings is 2. The topological polar surface area (TPSA) is 72.7 Å². The van der Waals surface area contributed by atoms with Crippen LogP contribution in [0.4, 0.5) is 20.4 Å². The standard InChI is InChI=1S/C24H23F2N5O2/c1-3-15-9-10-17(14-16(15)11-12-27-2)28-23-29-22-19(7-5-13-31(22)30-23)18-6-4-8-20-21(18)33-24(25,26)32-20/h4-10,13-14,27H,3,11-12H2,1-2H3,(H,28,30). The third-order valence-electron chi connectivity index (χ3n) is 5.57. The number of para-hydroxylation sites is 1. The van der Waals surface area contributed by atoms with Crippen LogP contribution in [0.15, 0.2) is 54.7 Å². The molecule has 4 aromatic rings. The molecule has 0 fully saturated rings. The molecule has 0 amide bonds. The van der Waals surface area contributed by atoms with E-state index in [1.54, 1.807) is 35.0 Å². The second-order valence-electron chi connectivity index (χ2n) is 7.74. The van der Waals surface area contributed by atoms with Gasteiger partial charge in [0.25, 0.3) is 0 Å². The molecule has 0 saturated carbocycles. The van der Waals surface area contributed by atoms with E-state index in [2.05, 4.69) is 44.5 Å². The van der Waals surface area contributed by atoms with Crippen LogP contribution in [0.3, 0.4) is 0 Å². The molecule has 0 saturated heterocycles. The summed E-state index contributed by atoms with van der Waals surface area (Å²) in [5, 5.41) is 11.0. The van der Waals surface area contributed by atoms with Crippen molar-refractivity contribution >= 4 is 17.3 Å². The summed E-state index contributed by atoms with van der Waals surface area (Å²) in [5.41, 5.74) is 5.01. The molecule has 0 unspecified atom stereocenters. The molecule has 2 aromatic carbocycles. The van der Waals surface area contributed by atoms with Crippen molar-refractivity contribution in [3.63, 3.8) is 0 Å². The highest BCUT2D eigenvalue weighted by molar-refractivity contribution is 5.84. The Labute approximate surface area is 189 Å². The van der Waals surface area contributed by atoms with Gasteiger partial charge in [-0.2, -0.15) is 4.98 Å². The van der Waals surface area contributed by atoms with E-state index in [1.165, 1.54) is 17.2 Å². The molecule has 7 nitrogen and oxygen atoms in total. The van der Waals surface area contributed by atoms with Crippen LogP contribution < -0.4 is 20.1 Å². The molecule has 0 atom stereocenters. The van der Waals surface area contributed by atoms with Gasteiger partial charge in [-0.15, -0.1) is 13.9 Å². The molecular formula is C24H23F2N5O2. The molecule has 3 heterocycles. The molecule has 2 N–H and O–H groups in total.